The van der Waals surface area contributed by atoms with Gasteiger partial charge in [-0.15, -0.1) is 11.3 Å². The average Bonchev–Trinajstić information content (AvgIpc) is 3.30. The lowest BCUT2D eigenvalue weighted by Gasteiger charge is -2.32. The largest absolute Gasteiger partial charge is 0.373 e. The number of fused-ring (bicyclic) bond motifs is 1. The van der Waals surface area contributed by atoms with E-state index in [2.05, 4.69) is 15.4 Å². The Kier molecular flexibility index (Phi) is 4.18. The Morgan fingerprint density at radius 2 is 2.42 bits per heavy atom. The third kappa shape index (κ3) is 3.26. The molecular weight excluding hydrogens is 328 g/mol. The van der Waals surface area contributed by atoms with Gasteiger partial charge in [0.2, 0.25) is 0 Å². The standard InChI is InChI=1S/C15H18N6O2S/c22-14(16-8-12-9-20-5-7-24-15(20)18-12)19-4-6-23-13(10-19)11-21-3-1-2-17-21/h1-3,5,7,9,13H,4,6,8,10-11H2,(H,16,22). The second-order valence-corrected chi connectivity index (χ2v) is 6.52. The van der Waals surface area contributed by atoms with E-state index in [1.807, 2.05) is 39.1 Å². The fourth-order valence-corrected chi connectivity index (χ4v) is 3.49. The second kappa shape index (κ2) is 6.62. The summed E-state index contributed by atoms with van der Waals surface area (Å²) in [4.78, 5) is 19.6. The summed E-state index contributed by atoms with van der Waals surface area (Å²) >= 11 is 1.58. The molecule has 0 spiro atoms. The fraction of sp³-hybridized carbons (Fsp3) is 0.400. The molecule has 2 amide bonds. The van der Waals surface area contributed by atoms with Crippen molar-refractivity contribution in [2.24, 2.45) is 0 Å². The van der Waals surface area contributed by atoms with Gasteiger partial charge in [-0.3, -0.25) is 9.08 Å². The normalized spacial score (nSPS) is 18.2. The highest BCUT2D eigenvalue weighted by molar-refractivity contribution is 7.15. The maximum Gasteiger partial charge on any atom is 0.317 e. The first-order valence-corrected chi connectivity index (χ1v) is 8.69. The minimum atomic E-state index is -0.0832. The molecule has 24 heavy (non-hydrogen) atoms. The van der Waals surface area contributed by atoms with E-state index in [4.69, 9.17) is 4.74 Å². The summed E-state index contributed by atoms with van der Waals surface area (Å²) < 4.78 is 9.51. The van der Waals surface area contributed by atoms with Crippen LogP contribution >= 0.6 is 11.3 Å². The van der Waals surface area contributed by atoms with Crippen LogP contribution in [0.2, 0.25) is 0 Å². The first-order chi connectivity index (χ1) is 11.8. The minimum Gasteiger partial charge on any atom is -0.373 e. The molecule has 1 unspecified atom stereocenters. The number of carbonyl (C=O) groups excluding carboxylic acids is 1. The van der Waals surface area contributed by atoms with Crippen LogP contribution in [0.5, 0.6) is 0 Å². The third-order valence-electron chi connectivity index (χ3n) is 3.94. The number of aromatic nitrogens is 4. The summed E-state index contributed by atoms with van der Waals surface area (Å²) in [5.41, 5.74) is 0.858. The van der Waals surface area contributed by atoms with E-state index in [-0.39, 0.29) is 12.1 Å². The van der Waals surface area contributed by atoms with Gasteiger partial charge in [0, 0.05) is 36.7 Å². The Balaban J connectivity index is 1.31. The number of carbonyl (C=O) groups is 1. The average molecular weight is 346 g/mol. The number of morpholine rings is 1. The predicted octanol–water partition coefficient (Wildman–Crippen LogP) is 1.20. The number of hydrogen-bond acceptors (Lipinski definition) is 5. The Labute approximate surface area is 142 Å². The zero-order valence-electron chi connectivity index (χ0n) is 13.0. The molecule has 1 aliphatic heterocycles. The van der Waals surface area contributed by atoms with E-state index in [1.165, 1.54) is 0 Å². The molecule has 1 saturated heterocycles. The molecule has 1 N–H and O–H groups in total. The van der Waals surface area contributed by atoms with Crippen molar-refractivity contribution in [1.82, 2.24) is 29.4 Å². The van der Waals surface area contributed by atoms with Gasteiger partial charge in [0.25, 0.3) is 0 Å². The lowest BCUT2D eigenvalue weighted by atomic mass is 10.3. The van der Waals surface area contributed by atoms with Crippen LogP contribution < -0.4 is 5.32 Å². The topological polar surface area (TPSA) is 76.7 Å². The van der Waals surface area contributed by atoms with E-state index in [0.717, 1.165) is 10.7 Å². The molecule has 0 bridgehead atoms. The molecule has 9 heteroatoms. The summed E-state index contributed by atoms with van der Waals surface area (Å²) in [5, 5.41) is 9.10. The van der Waals surface area contributed by atoms with Crippen molar-refractivity contribution in [3.05, 3.63) is 41.9 Å². The molecule has 4 heterocycles. The second-order valence-electron chi connectivity index (χ2n) is 5.65. The Bertz CT molecular complexity index is 783. The van der Waals surface area contributed by atoms with Crippen molar-refractivity contribution in [3.8, 4) is 0 Å². The Morgan fingerprint density at radius 3 is 3.25 bits per heavy atom. The van der Waals surface area contributed by atoms with Crippen LogP contribution in [0, 0.1) is 0 Å². The van der Waals surface area contributed by atoms with Crippen molar-refractivity contribution in [2.75, 3.05) is 19.7 Å². The number of hydrogen-bond donors (Lipinski definition) is 1. The van der Waals surface area contributed by atoms with Crippen LogP contribution in [0.4, 0.5) is 4.79 Å². The lowest BCUT2D eigenvalue weighted by Crippen LogP contribution is -2.50. The number of nitrogens with zero attached hydrogens (tertiary/aromatic N) is 5. The van der Waals surface area contributed by atoms with Gasteiger partial charge in [-0.1, -0.05) is 0 Å². The van der Waals surface area contributed by atoms with E-state index in [0.29, 0.717) is 32.8 Å². The van der Waals surface area contributed by atoms with Gasteiger partial charge in [-0.05, 0) is 6.07 Å². The van der Waals surface area contributed by atoms with Crippen molar-refractivity contribution in [1.29, 1.82) is 0 Å². The SMILES string of the molecule is O=C(NCc1cn2ccsc2n1)N1CCOC(Cn2cccn2)C1. The van der Waals surface area contributed by atoms with Crippen molar-refractivity contribution < 1.29 is 9.53 Å². The molecule has 3 aromatic rings. The zero-order chi connectivity index (χ0) is 16.4. The molecule has 0 saturated carbocycles. The quantitative estimate of drug-likeness (QED) is 0.770. The van der Waals surface area contributed by atoms with E-state index < -0.39 is 0 Å². The number of thiazole rings is 1. The molecule has 0 aliphatic carbocycles. The maximum atomic E-state index is 12.4. The number of nitrogens with one attached hydrogen (secondary N) is 1. The van der Waals surface area contributed by atoms with Gasteiger partial charge >= 0.3 is 6.03 Å². The molecule has 4 rings (SSSR count). The van der Waals surface area contributed by atoms with E-state index >= 15 is 0 Å². The van der Waals surface area contributed by atoms with Crippen LogP contribution in [-0.4, -0.2) is 55.9 Å². The van der Waals surface area contributed by atoms with Crippen molar-refractivity contribution in [3.63, 3.8) is 0 Å². The highest BCUT2D eigenvalue weighted by atomic mass is 32.1. The molecule has 1 aliphatic rings. The Morgan fingerprint density at radius 1 is 1.46 bits per heavy atom. The number of ether oxygens (including phenoxy) is 1. The first-order valence-electron chi connectivity index (χ1n) is 7.81. The molecule has 0 radical (unpaired) electrons. The van der Waals surface area contributed by atoms with Gasteiger partial charge < -0.3 is 15.0 Å². The molecule has 0 aromatic carbocycles. The third-order valence-corrected chi connectivity index (χ3v) is 4.71. The molecular formula is C15H18N6O2S. The molecule has 8 nitrogen and oxygen atoms in total. The van der Waals surface area contributed by atoms with Crippen LogP contribution in [0.25, 0.3) is 4.96 Å². The summed E-state index contributed by atoms with van der Waals surface area (Å²) in [5.74, 6) is 0. The smallest absolute Gasteiger partial charge is 0.317 e. The fourth-order valence-electron chi connectivity index (χ4n) is 2.77. The highest BCUT2D eigenvalue weighted by Crippen LogP contribution is 2.12. The highest BCUT2D eigenvalue weighted by Gasteiger charge is 2.24. The lowest BCUT2D eigenvalue weighted by molar-refractivity contribution is -0.0237. The number of imidazole rings is 1. The van der Waals surface area contributed by atoms with Gasteiger partial charge in [-0.2, -0.15) is 5.10 Å². The summed E-state index contributed by atoms with van der Waals surface area (Å²) in [7, 11) is 0. The van der Waals surface area contributed by atoms with Gasteiger partial charge in [-0.25, -0.2) is 9.78 Å². The van der Waals surface area contributed by atoms with Crippen LogP contribution in [0.3, 0.4) is 0 Å². The van der Waals surface area contributed by atoms with Gasteiger partial charge in [0.05, 0.1) is 38.0 Å². The summed E-state index contributed by atoms with van der Waals surface area (Å²) in [6.07, 6.45) is 7.49. The molecule has 126 valence electrons. The Hall–Kier alpha value is -2.39. The van der Waals surface area contributed by atoms with Gasteiger partial charge in [0.1, 0.15) is 0 Å². The minimum absolute atomic E-state index is 0.0395. The molecule has 3 aromatic heterocycles. The number of rotatable bonds is 4. The maximum absolute atomic E-state index is 12.4. The number of urea groups is 1. The van der Waals surface area contributed by atoms with Crippen LogP contribution in [0.15, 0.2) is 36.2 Å². The molecule has 1 atom stereocenters. The van der Waals surface area contributed by atoms with Crippen LogP contribution in [-0.2, 0) is 17.8 Å². The summed E-state index contributed by atoms with van der Waals surface area (Å²) in [6, 6.07) is 1.79. The van der Waals surface area contributed by atoms with E-state index in [9.17, 15) is 4.79 Å². The van der Waals surface area contributed by atoms with Gasteiger partial charge in [0.15, 0.2) is 4.96 Å². The van der Waals surface area contributed by atoms with E-state index in [1.54, 1.807) is 22.4 Å². The van der Waals surface area contributed by atoms with Crippen LogP contribution in [0.1, 0.15) is 5.69 Å². The molecule has 1 fully saturated rings. The monoisotopic (exact) mass is 346 g/mol. The number of amides is 2. The zero-order valence-corrected chi connectivity index (χ0v) is 13.9. The van der Waals surface area contributed by atoms with Crippen molar-refractivity contribution in [2.45, 2.75) is 19.2 Å². The van der Waals surface area contributed by atoms with Crippen molar-refractivity contribution >= 4 is 22.3 Å². The summed E-state index contributed by atoms with van der Waals surface area (Å²) in [6.45, 7) is 2.77. The predicted molar refractivity (Wildman–Crippen MR) is 88.8 cm³/mol. The first kappa shape index (κ1) is 15.2.